The smallest absolute Gasteiger partial charge is 0.278 e. The van der Waals surface area contributed by atoms with Crippen LogP contribution in [0.15, 0.2) is 57.2 Å². The first-order valence-corrected chi connectivity index (χ1v) is 11.6. The van der Waals surface area contributed by atoms with Gasteiger partial charge >= 0.3 is 0 Å². The highest BCUT2D eigenvalue weighted by Gasteiger charge is 2.29. The molecule has 4 aromatic rings. The third-order valence-corrected chi connectivity index (χ3v) is 7.44. The number of hydrogen-bond donors (Lipinski definition) is 1. The van der Waals surface area contributed by atoms with Gasteiger partial charge in [-0.15, -0.1) is 0 Å². The van der Waals surface area contributed by atoms with Gasteiger partial charge in [-0.2, -0.15) is 0 Å². The Balaban J connectivity index is 2.10. The van der Waals surface area contributed by atoms with Gasteiger partial charge < -0.3 is 10.5 Å². The summed E-state index contributed by atoms with van der Waals surface area (Å²) in [5.74, 6) is 0.0103. The molecule has 0 spiro atoms. The predicted octanol–water partition coefficient (Wildman–Crippen LogP) is 2.12. The molecule has 0 saturated heterocycles. The van der Waals surface area contributed by atoms with Gasteiger partial charge in [0.2, 0.25) is 21.3 Å². The van der Waals surface area contributed by atoms with Gasteiger partial charge in [0.1, 0.15) is 10.3 Å². The molecule has 0 aliphatic heterocycles. The molecule has 0 unspecified atom stereocenters. The fourth-order valence-electron chi connectivity index (χ4n) is 3.66. The van der Waals surface area contributed by atoms with E-state index in [1.54, 1.807) is 30.5 Å². The standard InChI is InChI=1S/C23H24N4O4S/c1-14-5-8-20-25-22-18(23(28)27(20)13-14)12-19(21(24)26(22)9-10-31-4)32(29,30)17-7-6-15(2)16(3)11-17/h5-8,11-13,24H,9-10H2,1-4H3/p+1. The van der Waals surface area contributed by atoms with Gasteiger partial charge in [-0.3, -0.25) is 9.20 Å². The highest BCUT2D eigenvalue weighted by molar-refractivity contribution is 7.91. The first kappa shape index (κ1) is 21.9. The van der Waals surface area contributed by atoms with E-state index in [1.807, 2.05) is 26.8 Å². The summed E-state index contributed by atoms with van der Waals surface area (Å²) in [6, 6.07) is 9.85. The lowest BCUT2D eigenvalue weighted by atomic mass is 10.1. The summed E-state index contributed by atoms with van der Waals surface area (Å²) in [5, 5.41) is 0.167. The van der Waals surface area contributed by atoms with Gasteiger partial charge in [-0.25, -0.2) is 13.0 Å². The van der Waals surface area contributed by atoms with Gasteiger partial charge in [-0.05, 0) is 61.7 Å². The lowest BCUT2D eigenvalue weighted by Crippen LogP contribution is -2.43. The summed E-state index contributed by atoms with van der Waals surface area (Å²) in [5.41, 5.74) is 9.49. The quantitative estimate of drug-likeness (QED) is 0.366. The van der Waals surface area contributed by atoms with Crippen molar-refractivity contribution in [2.24, 2.45) is 0 Å². The van der Waals surface area contributed by atoms with Crippen LogP contribution >= 0.6 is 0 Å². The Morgan fingerprint density at radius 3 is 2.53 bits per heavy atom. The van der Waals surface area contributed by atoms with Crippen molar-refractivity contribution in [3.63, 3.8) is 0 Å². The molecule has 0 atom stereocenters. The average molecular weight is 454 g/mol. The molecule has 0 saturated carbocycles. The Kier molecular flexibility index (Phi) is 5.47. The molecule has 0 fully saturated rings. The maximum Gasteiger partial charge on any atom is 0.278 e. The zero-order valence-corrected chi connectivity index (χ0v) is 19.2. The number of benzene rings is 1. The first-order chi connectivity index (χ1) is 15.1. The summed E-state index contributed by atoms with van der Waals surface area (Å²) >= 11 is 0. The Morgan fingerprint density at radius 2 is 1.84 bits per heavy atom. The van der Waals surface area contributed by atoms with Crippen LogP contribution < -0.4 is 15.9 Å². The van der Waals surface area contributed by atoms with E-state index in [4.69, 9.17) is 10.5 Å². The summed E-state index contributed by atoms with van der Waals surface area (Å²) in [6.45, 7) is 6.14. The second kappa shape index (κ2) is 7.99. The van der Waals surface area contributed by atoms with Crippen LogP contribution in [-0.4, -0.2) is 31.5 Å². The van der Waals surface area contributed by atoms with Gasteiger partial charge in [-0.1, -0.05) is 17.1 Å². The first-order valence-electron chi connectivity index (χ1n) is 10.1. The summed E-state index contributed by atoms with van der Waals surface area (Å²) < 4.78 is 35.3. The minimum absolute atomic E-state index is 0.0103. The number of methoxy groups -OCH3 is 1. The fourth-order valence-corrected chi connectivity index (χ4v) is 5.15. The van der Waals surface area contributed by atoms with Crippen LogP contribution in [0.1, 0.15) is 16.7 Å². The summed E-state index contributed by atoms with van der Waals surface area (Å²) in [6.07, 6.45) is 1.68. The van der Waals surface area contributed by atoms with Crippen molar-refractivity contribution in [3.8, 4) is 0 Å². The Bertz CT molecular complexity index is 1540. The van der Waals surface area contributed by atoms with Crippen molar-refractivity contribution < 1.29 is 17.7 Å². The van der Waals surface area contributed by atoms with Crippen molar-refractivity contribution in [3.05, 3.63) is 69.6 Å². The molecular formula is C23H25N4O4S+. The number of nitrogens with two attached hydrogens (primary N) is 1. The normalized spacial score (nSPS) is 12.0. The van der Waals surface area contributed by atoms with Gasteiger partial charge in [0.15, 0.2) is 0 Å². The molecule has 0 aliphatic rings. The summed E-state index contributed by atoms with van der Waals surface area (Å²) in [4.78, 5) is 17.9. The topological polar surface area (TPSA) is 108 Å². The van der Waals surface area contributed by atoms with E-state index in [0.29, 0.717) is 11.3 Å². The number of sulfone groups is 1. The van der Waals surface area contributed by atoms with E-state index in [0.717, 1.165) is 16.7 Å². The molecule has 4 rings (SSSR count). The number of ether oxygens (including phenoxy) is 1. The number of rotatable bonds is 5. The molecule has 0 amide bonds. The minimum atomic E-state index is -3.99. The molecule has 2 N–H and O–H groups in total. The Hall–Kier alpha value is -3.30. The van der Waals surface area contributed by atoms with Crippen molar-refractivity contribution >= 4 is 32.3 Å². The molecule has 9 heteroatoms. The van der Waals surface area contributed by atoms with Crippen LogP contribution in [-0.2, 0) is 21.1 Å². The lowest BCUT2D eigenvalue weighted by molar-refractivity contribution is -0.662. The third-order valence-electron chi connectivity index (χ3n) is 5.66. The molecule has 32 heavy (non-hydrogen) atoms. The monoisotopic (exact) mass is 453 g/mol. The second-order valence-electron chi connectivity index (χ2n) is 7.88. The number of hydrogen-bond acceptors (Lipinski definition) is 6. The maximum atomic E-state index is 13.6. The van der Waals surface area contributed by atoms with Gasteiger partial charge in [0, 0.05) is 13.3 Å². The Labute approximate surface area is 185 Å². The second-order valence-corrected chi connectivity index (χ2v) is 9.79. The fraction of sp³-hybridized carbons (Fsp3) is 0.261. The molecule has 0 radical (unpaired) electrons. The van der Waals surface area contributed by atoms with E-state index < -0.39 is 9.84 Å². The highest BCUT2D eigenvalue weighted by atomic mass is 32.2. The predicted molar refractivity (Wildman–Crippen MR) is 122 cm³/mol. The van der Waals surface area contributed by atoms with E-state index in [9.17, 15) is 13.2 Å². The number of fused-ring (bicyclic) bond motifs is 2. The van der Waals surface area contributed by atoms with Gasteiger partial charge in [0.25, 0.3) is 11.2 Å². The molecular weight excluding hydrogens is 428 g/mol. The van der Waals surface area contributed by atoms with Crippen molar-refractivity contribution in [1.82, 2.24) is 9.38 Å². The SMILES string of the molecule is COCC[n+]1c(N)c(S(=O)(=O)c2ccc(C)c(C)c2)cc2c(=O)n3cc(C)ccc3nc21. The minimum Gasteiger partial charge on any atom is -0.381 e. The molecule has 1 aromatic carbocycles. The number of aryl methyl sites for hydroxylation is 3. The van der Waals surface area contributed by atoms with Crippen molar-refractivity contribution in [2.75, 3.05) is 19.5 Å². The number of nitrogen functional groups attached to an aromatic ring is 1. The number of aromatic nitrogens is 3. The van der Waals surface area contributed by atoms with E-state index >= 15 is 0 Å². The number of nitrogens with zero attached hydrogens (tertiary/aromatic N) is 3. The molecule has 3 aromatic heterocycles. The van der Waals surface area contributed by atoms with E-state index in [1.165, 1.54) is 22.1 Å². The van der Waals surface area contributed by atoms with Crippen LogP contribution in [0.5, 0.6) is 0 Å². The zero-order valence-electron chi connectivity index (χ0n) is 18.4. The zero-order chi connectivity index (χ0) is 23.2. The Morgan fingerprint density at radius 1 is 1.09 bits per heavy atom. The molecule has 166 valence electrons. The van der Waals surface area contributed by atoms with Crippen LogP contribution in [0.4, 0.5) is 5.82 Å². The number of anilines is 1. The highest BCUT2D eigenvalue weighted by Crippen LogP contribution is 2.27. The van der Waals surface area contributed by atoms with E-state index in [2.05, 4.69) is 4.98 Å². The average Bonchev–Trinajstić information content (AvgIpc) is 2.75. The van der Waals surface area contributed by atoms with Crippen LogP contribution in [0.3, 0.4) is 0 Å². The van der Waals surface area contributed by atoms with Crippen LogP contribution in [0.2, 0.25) is 0 Å². The van der Waals surface area contributed by atoms with Crippen molar-refractivity contribution in [2.45, 2.75) is 37.1 Å². The summed E-state index contributed by atoms with van der Waals surface area (Å²) in [7, 11) is -2.45. The maximum absolute atomic E-state index is 13.6. The third kappa shape index (κ3) is 3.53. The largest absolute Gasteiger partial charge is 0.381 e. The van der Waals surface area contributed by atoms with Crippen LogP contribution in [0.25, 0.3) is 16.7 Å². The molecule has 8 nitrogen and oxygen atoms in total. The molecule has 0 aliphatic carbocycles. The van der Waals surface area contributed by atoms with Crippen molar-refractivity contribution in [1.29, 1.82) is 0 Å². The number of pyridine rings is 2. The lowest BCUT2D eigenvalue weighted by Gasteiger charge is -2.13. The van der Waals surface area contributed by atoms with Crippen LogP contribution in [0, 0.1) is 20.8 Å². The molecule has 3 heterocycles. The van der Waals surface area contributed by atoms with Gasteiger partial charge in [0.05, 0.1) is 18.0 Å². The molecule has 0 bridgehead atoms. The van der Waals surface area contributed by atoms with E-state index in [-0.39, 0.29) is 39.7 Å².